The normalized spacial score (nSPS) is 16.2. The van der Waals surface area contributed by atoms with Crippen LogP contribution in [0.1, 0.15) is 68.1 Å². The monoisotopic (exact) mass is 544 g/mol. The van der Waals surface area contributed by atoms with Crippen molar-refractivity contribution in [1.29, 1.82) is 0 Å². The number of aromatic nitrogens is 5. The maximum Gasteiger partial charge on any atom is 0.185 e. The second-order valence-corrected chi connectivity index (χ2v) is 11.7. The van der Waals surface area contributed by atoms with Gasteiger partial charge >= 0.3 is 0 Å². The Balaban J connectivity index is 1.50. The van der Waals surface area contributed by atoms with Gasteiger partial charge in [0.1, 0.15) is 12.0 Å². The molecule has 39 heavy (non-hydrogen) atoms. The Morgan fingerprint density at radius 2 is 1.95 bits per heavy atom. The summed E-state index contributed by atoms with van der Waals surface area (Å²) in [4.78, 5) is 42.5. The molecule has 0 amide bonds. The SMILES string of the molecule is CCSc1ccc(CN/C(C=O)=N/c2c(C)nc(-c3c(C)ncnc3C3CC3)nc2N(C)[C@@H](C)C2CC2)cn1. The summed E-state index contributed by atoms with van der Waals surface area (Å²) in [7, 11) is 2.05. The van der Waals surface area contributed by atoms with Crippen LogP contribution in [0.15, 0.2) is 34.7 Å². The van der Waals surface area contributed by atoms with Crippen molar-refractivity contribution in [3.8, 4) is 11.4 Å². The van der Waals surface area contributed by atoms with Gasteiger partial charge in [-0.2, -0.15) is 0 Å². The lowest BCUT2D eigenvalue weighted by Crippen LogP contribution is -2.32. The highest BCUT2D eigenvalue weighted by Gasteiger charge is 2.34. The fraction of sp³-hybridized carbons (Fsp3) is 0.483. The van der Waals surface area contributed by atoms with Crippen LogP contribution < -0.4 is 10.2 Å². The van der Waals surface area contributed by atoms with E-state index in [1.165, 1.54) is 12.8 Å². The van der Waals surface area contributed by atoms with Crippen molar-refractivity contribution in [1.82, 2.24) is 30.2 Å². The Morgan fingerprint density at radius 1 is 1.15 bits per heavy atom. The van der Waals surface area contributed by atoms with Gasteiger partial charge in [-0.1, -0.05) is 13.0 Å². The number of aliphatic imine (C=N–C) groups is 1. The van der Waals surface area contributed by atoms with Crippen molar-refractivity contribution < 1.29 is 4.79 Å². The van der Waals surface area contributed by atoms with E-state index in [2.05, 4.69) is 46.1 Å². The van der Waals surface area contributed by atoms with Crippen molar-refractivity contribution >= 4 is 35.4 Å². The maximum absolute atomic E-state index is 12.1. The summed E-state index contributed by atoms with van der Waals surface area (Å²) in [5.41, 5.74) is 5.09. The highest BCUT2D eigenvalue weighted by Crippen LogP contribution is 2.44. The van der Waals surface area contributed by atoms with Crippen LogP contribution in [0.25, 0.3) is 11.4 Å². The van der Waals surface area contributed by atoms with Crippen LogP contribution in [-0.4, -0.2) is 55.9 Å². The van der Waals surface area contributed by atoms with E-state index in [-0.39, 0.29) is 11.9 Å². The summed E-state index contributed by atoms with van der Waals surface area (Å²) in [5.74, 6) is 3.60. The van der Waals surface area contributed by atoms with E-state index in [1.807, 2.05) is 32.2 Å². The van der Waals surface area contributed by atoms with Gasteiger partial charge in [0.05, 0.1) is 27.7 Å². The van der Waals surface area contributed by atoms with Gasteiger partial charge < -0.3 is 10.2 Å². The predicted octanol–water partition coefficient (Wildman–Crippen LogP) is 5.19. The third-order valence-corrected chi connectivity index (χ3v) is 8.28. The minimum atomic E-state index is 0.230. The molecule has 9 nitrogen and oxygen atoms in total. The molecule has 0 bridgehead atoms. The summed E-state index contributed by atoms with van der Waals surface area (Å²) in [6, 6.07) is 4.30. The molecule has 5 rings (SSSR count). The number of carbonyl (C=O) groups is 1. The van der Waals surface area contributed by atoms with Gasteiger partial charge in [0.25, 0.3) is 0 Å². The van der Waals surface area contributed by atoms with E-state index in [1.54, 1.807) is 18.1 Å². The first-order chi connectivity index (χ1) is 18.9. The van der Waals surface area contributed by atoms with Crippen molar-refractivity contribution in [2.75, 3.05) is 17.7 Å². The average molecular weight is 545 g/mol. The maximum atomic E-state index is 12.1. The van der Waals surface area contributed by atoms with Crippen LogP contribution in [0.3, 0.4) is 0 Å². The third-order valence-electron chi connectivity index (χ3n) is 7.45. The van der Waals surface area contributed by atoms with Gasteiger partial charge in [0.2, 0.25) is 0 Å². The molecule has 2 aliphatic carbocycles. The van der Waals surface area contributed by atoms with E-state index in [4.69, 9.17) is 15.0 Å². The molecule has 3 heterocycles. The molecule has 0 aromatic carbocycles. The molecule has 1 atom stereocenters. The lowest BCUT2D eigenvalue weighted by atomic mass is 10.1. The van der Waals surface area contributed by atoms with Crippen LogP contribution in [0.2, 0.25) is 0 Å². The van der Waals surface area contributed by atoms with Gasteiger partial charge in [0, 0.05) is 31.7 Å². The van der Waals surface area contributed by atoms with Crippen molar-refractivity contribution in [3.05, 3.63) is 47.3 Å². The molecular weight excluding hydrogens is 508 g/mol. The van der Waals surface area contributed by atoms with Crippen LogP contribution in [-0.2, 0) is 11.3 Å². The minimum absolute atomic E-state index is 0.230. The van der Waals surface area contributed by atoms with Crippen LogP contribution in [0.4, 0.5) is 11.5 Å². The van der Waals surface area contributed by atoms with Gasteiger partial charge in [-0.15, -0.1) is 11.8 Å². The lowest BCUT2D eigenvalue weighted by molar-refractivity contribution is -0.102. The standard InChI is InChI=1S/C29H36N8OS/c1-6-39-24-12-7-20(14-31-24)13-30-23(15-38)35-26-18(3)34-28(36-29(26)37(5)19(4)21-8-9-21)25-17(2)32-16-33-27(25)22-10-11-22/h7,12,14-16,19,21-22H,6,8-11,13H2,1-5H3,(H,30,35)/t19-/m0/s1. The molecule has 3 aromatic heterocycles. The van der Waals surface area contributed by atoms with Crippen molar-refractivity contribution in [2.45, 2.75) is 76.9 Å². The zero-order valence-electron chi connectivity index (χ0n) is 23.3. The Hall–Kier alpha value is -3.40. The number of hydrogen-bond donors (Lipinski definition) is 1. The average Bonchev–Trinajstić information content (AvgIpc) is 3.85. The van der Waals surface area contributed by atoms with E-state index in [0.29, 0.717) is 41.4 Å². The molecule has 0 unspecified atom stereocenters. The second kappa shape index (κ2) is 11.8. The highest BCUT2D eigenvalue weighted by molar-refractivity contribution is 7.99. The summed E-state index contributed by atoms with van der Waals surface area (Å²) in [6.45, 7) is 8.68. The molecule has 0 aliphatic heterocycles. The van der Waals surface area contributed by atoms with Gasteiger partial charge in [-0.25, -0.2) is 29.9 Å². The highest BCUT2D eigenvalue weighted by atomic mass is 32.2. The van der Waals surface area contributed by atoms with Gasteiger partial charge in [-0.05, 0) is 69.8 Å². The number of carbonyl (C=O) groups excluding carboxylic acids is 1. The first kappa shape index (κ1) is 27.2. The molecule has 3 aromatic rings. The number of thioether (sulfide) groups is 1. The second-order valence-electron chi connectivity index (χ2n) is 10.4. The third kappa shape index (κ3) is 6.27. The fourth-order valence-corrected chi connectivity index (χ4v) is 5.32. The number of hydrogen-bond acceptors (Lipinski definition) is 9. The first-order valence-electron chi connectivity index (χ1n) is 13.7. The number of amidine groups is 1. The van der Waals surface area contributed by atoms with E-state index >= 15 is 0 Å². The van der Waals surface area contributed by atoms with Gasteiger partial charge in [0.15, 0.2) is 23.8 Å². The largest absolute Gasteiger partial charge is 0.363 e. The Kier molecular flexibility index (Phi) is 8.20. The minimum Gasteiger partial charge on any atom is -0.363 e. The molecule has 0 radical (unpaired) electrons. The van der Waals surface area contributed by atoms with E-state index in [9.17, 15) is 4.79 Å². The Labute approximate surface area is 234 Å². The lowest BCUT2D eigenvalue weighted by Gasteiger charge is -2.28. The number of aldehydes is 1. The predicted molar refractivity (Wildman–Crippen MR) is 156 cm³/mol. The molecule has 0 saturated heterocycles. The molecule has 1 N–H and O–H groups in total. The number of nitrogens with zero attached hydrogens (tertiary/aromatic N) is 7. The summed E-state index contributed by atoms with van der Waals surface area (Å²) in [5, 5.41) is 4.16. The molecule has 10 heteroatoms. The number of anilines is 1. The van der Waals surface area contributed by atoms with Crippen molar-refractivity contribution in [3.63, 3.8) is 0 Å². The zero-order chi connectivity index (χ0) is 27.5. The molecule has 2 fully saturated rings. The number of pyridine rings is 1. The topological polar surface area (TPSA) is 109 Å². The molecule has 204 valence electrons. The Morgan fingerprint density at radius 3 is 2.59 bits per heavy atom. The molecule has 2 saturated carbocycles. The summed E-state index contributed by atoms with van der Waals surface area (Å²) in [6.07, 6.45) is 8.88. The number of aryl methyl sites for hydroxylation is 2. The van der Waals surface area contributed by atoms with Crippen LogP contribution in [0.5, 0.6) is 0 Å². The summed E-state index contributed by atoms with van der Waals surface area (Å²) < 4.78 is 0. The number of nitrogens with one attached hydrogen (secondary N) is 1. The number of rotatable bonds is 11. The van der Waals surface area contributed by atoms with Gasteiger partial charge in [-0.3, -0.25) is 4.79 Å². The van der Waals surface area contributed by atoms with E-state index < -0.39 is 0 Å². The van der Waals surface area contributed by atoms with E-state index in [0.717, 1.165) is 52.4 Å². The molecular formula is C29H36N8OS. The summed E-state index contributed by atoms with van der Waals surface area (Å²) >= 11 is 1.70. The molecule has 0 spiro atoms. The first-order valence-corrected chi connectivity index (χ1v) is 14.7. The van der Waals surface area contributed by atoms with Crippen LogP contribution >= 0.6 is 11.8 Å². The fourth-order valence-electron chi connectivity index (χ4n) is 4.73. The Bertz CT molecular complexity index is 1370. The smallest absolute Gasteiger partial charge is 0.185 e. The zero-order valence-corrected chi connectivity index (χ0v) is 24.1. The van der Waals surface area contributed by atoms with Crippen molar-refractivity contribution in [2.24, 2.45) is 10.9 Å². The quantitative estimate of drug-likeness (QED) is 0.151. The molecule has 2 aliphatic rings. The van der Waals surface area contributed by atoms with Crippen LogP contribution in [0, 0.1) is 19.8 Å².